The van der Waals surface area contributed by atoms with Crippen molar-refractivity contribution in [2.45, 2.75) is 6.61 Å². The number of carbonyl (C=O) groups is 1. The number of methoxy groups -OCH3 is 2. The fourth-order valence-corrected chi connectivity index (χ4v) is 4.10. The van der Waals surface area contributed by atoms with Crippen LogP contribution in [0.15, 0.2) is 72.1 Å². The van der Waals surface area contributed by atoms with Gasteiger partial charge in [-0.2, -0.15) is 0 Å². The Kier molecular flexibility index (Phi) is 7.12. The molecule has 1 amide bonds. The van der Waals surface area contributed by atoms with Crippen molar-refractivity contribution >= 4 is 34.5 Å². The number of benzene rings is 3. The molecule has 3 aromatic carbocycles. The van der Waals surface area contributed by atoms with Crippen LogP contribution in [-0.4, -0.2) is 25.1 Å². The number of ether oxygens (including phenoxy) is 3. The van der Waals surface area contributed by atoms with Crippen molar-refractivity contribution in [3.05, 3.63) is 88.4 Å². The van der Waals surface area contributed by atoms with Gasteiger partial charge in [-0.1, -0.05) is 23.7 Å². The van der Waals surface area contributed by atoms with Gasteiger partial charge in [0.1, 0.15) is 23.1 Å². The second kappa shape index (κ2) is 10.4. The quantitative estimate of drug-likeness (QED) is 0.320. The molecule has 0 bridgehead atoms. The Bertz CT molecular complexity index is 1260. The predicted octanol–water partition coefficient (Wildman–Crippen LogP) is 6.31. The molecule has 0 fully saturated rings. The highest BCUT2D eigenvalue weighted by Crippen LogP contribution is 2.34. The first kappa shape index (κ1) is 22.6. The largest absolute Gasteiger partial charge is 0.497 e. The van der Waals surface area contributed by atoms with Crippen LogP contribution in [0.25, 0.3) is 10.6 Å². The molecule has 1 aromatic heterocycles. The third-order valence-electron chi connectivity index (χ3n) is 4.78. The van der Waals surface area contributed by atoms with Crippen LogP contribution in [0.4, 0.5) is 5.69 Å². The van der Waals surface area contributed by atoms with Gasteiger partial charge in [-0.25, -0.2) is 4.98 Å². The Hall–Kier alpha value is -3.55. The van der Waals surface area contributed by atoms with Crippen LogP contribution in [-0.2, 0) is 6.61 Å². The third kappa shape index (κ3) is 5.63. The van der Waals surface area contributed by atoms with E-state index in [0.717, 1.165) is 16.9 Å². The summed E-state index contributed by atoms with van der Waals surface area (Å²) in [6.07, 6.45) is 0. The van der Waals surface area contributed by atoms with Gasteiger partial charge >= 0.3 is 0 Å². The number of nitrogens with zero attached hydrogens (tertiary/aromatic N) is 1. The molecule has 0 aliphatic carbocycles. The summed E-state index contributed by atoms with van der Waals surface area (Å²) in [4.78, 5) is 17.1. The van der Waals surface area contributed by atoms with E-state index in [9.17, 15) is 4.79 Å². The molecule has 168 valence electrons. The van der Waals surface area contributed by atoms with Crippen molar-refractivity contribution in [1.29, 1.82) is 0 Å². The van der Waals surface area contributed by atoms with Crippen LogP contribution in [0.5, 0.6) is 17.2 Å². The molecule has 8 heteroatoms. The molecule has 1 heterocycles. The summed E-state index contributed by atoms with van der Waals surface area (Å²) >= 11 is 7.42. The number of halogens is 1. The normalized spacial score (nSPS) is 10.5. The van der Waals surface area contributed by atoms with Crippen molar-refractivity contribution in [3.63, 3.8) is 0 Å². The number of hydrogen-bond acceptors (Lipinski definition) is 6. The van der Waals surface area contributed by atoms with Gasteiger partial charge < -0.3 is 19.5 Å². The molecule has 1 N–H and O–H groups in total. The molecule has 4 rings (SSSR count). The molecule has 6 nitrogen and oxygen atoms in total. The van der Waals surface area contributed by atoms with Crippen LogP contribution in [0, 0.1) is 0 Å². The summed E-state index contributed by atoms with van der Waals surface area (Å²) in [5.74, 6) is 1.62. The highest BCUT2D eigenvalue weighted by Gasteiger charge is 2.14. The number of aromatic nitrogens is 1. The molecular weight excluding hydrogens is 460 g/mol. The molecule has 0 spiro atoms. The Morgan fingerprint density at radius 1 is 1.00 bits per heavy atom. The van der Waals surface area contributed by atoms with E-state index in [0.29, 0.717) is 39.5 Å². The number of carbonyl (C=O) groups excluding carboxylic acids is 1. The summed E-state index contributed by atoms with van der Waals surface area (Å²) < 4.78 is 16.6. The highest BCUT2D eigenvalue weighted by atomic mass is 35.5. The van der Waals surface area contributed by atoms with Crippen molar-refractivity contribution in [3.8, 4) is 27.8 Å². The summed E-state index contributed by atoms with van der Waals surface area (Å²) in [5.41, 5.74) is 2.79. The molecule has 4 aromatic rings. The van der Waals surface area contributed by atoms with Crippen LogP contribution in [0.2, 0.25) is 5.02 Å². The van der Waals surface area contributed by atoms with Gasteiger partial charge in [-0.05, 0) is 60.2 Å². The fourth-order valence-electron chi connectivity index (χ4n) is 3.09. The summed E-state index contributed by atoms with van der Waals surface area (Å²) in [6, 6.07) is 20.2. The average Bonchev–Trinajstić information content (AvgIpc) is 3.34. The highest BCUT2D eigenvalue weighted by molar-refractivity contribution is 7.13. The summed E-state index contributed by atoms with van der Waals surface area (Å²) in [5, 5.41) is 5.93. The van der Waals surface area contributed by atoms with E-state index >= 15 is 0 Å². The number of amides is 1. The lowest BCUT2D eigenvalue weighted by Crippen LogP contribution is -2.12. The van der Waals surface area contributed by atoms with E-state index in [2.05, 4.69) is 10.3 Å². The number of nitrogens with one attached hydrogen (secondary N) is 1. The Labute approximate surface area is 200 Å². The first-order valence-corrected chi connectivity index (χ1v) is 11.3. The second-order valence-corrected chi connectivity index (χ2v) is 8.30. The zero-order chi connectivity index (χ0) is 23.2. The zero-order valence-corrected chi connectivity index (χ0v) is 19.6. The van der Waals surface area contributed by atoms with Gasteiger partial charge in [-0.15, -0.1) is 11.3 Å². The zero-order valence-electron chi connectivity index (χ0n) is 18.0. The molecular formula is C25H21ClN2O4S. The number of rotatable bonds is 8. The molecule has 0 aliphatic rings. The van der Waals surface area contributed by atoms with Crippen LogP contribution in [0.1, 0.15) is 16.1 Å². The molecule has 0 unspecified atom stereocenters. The molecule has 33 heavy (non-hydrogen) atoms. The van der Waals surface area contributed by atoms with Crippen LogP contribution in [0.3, 0.4) is 0 Å². The first-order chi connectivity index (χ1) is 16.1. The van der Waals surface area contributed by atoms with Gasteiger partial charge in [0.15, 0.2) is 11.5 Å². The van der Waals surface area contributed by atoms with E-state index in [1.54, 1.807) is 43.9 Å². The molecule has 0 saturated carbocycles. The van der Waals surface area contributed by atoms with Gasteiger partial charge in [-0.3, -0.25) is 4.79 Å². The standard InChI is InChI=1S/C25H21ClN2O4S/c1-30-20-9-7-19(8-10-20)27-24(29)21-15-33-25(28-21)17-6-11-22(23(13-17)31-2)32-14-16-4-3-5-18(26)12-16/h3-13,15H,14H2,1-2H3,(H,27,29). The minimum absolute atomic E-state index is 0.281. The minimum atomic E-state index is -0.281. The maximum atomic E-state index is 12.6. The Morgan fingerprint density at radius 3 is 2.55 bits per heavy atom. The van der Waals surface area contributed by atoms with E-state index in [-0.39, 0.29) is 5.91 Å². The lowest BCUT2D eigenvalue weighted by molar-refractivity contribution is 0.102. The van der Waals surface area contributed by atoms with E-state index < -0.39 is 0 Å². The lowest BCUT2D eigenvalue weighted by Gasteiger charge is -2.12. The van der Waals surface area contributed by atoms with E-state index in [1.807, 2.05) is 42.5 Å². The van der Waals surface area contributed by atoms with Crippen molar-refractivity contribution in [1.82, 2.24) is 4.98 Å². The van der Waals surface area contributed by atoms with Crippen molar-refractivity contribution in [2.75, 3.05) is 19.5 Å². The number of thiazole rings is 1. The third-order valence-corrected chi connectivity index (χ3v) is 5.91. The Morgan fingerprint density at radius 2 is 1.82 bits per heavy atom. The molecule has 0 aliphatic heterocycles. The van der Waals surface area contributed by atoms with Gasteiger partial charge in [0.2, 0.25) is 0 Å². The van der Waals surface area contributed by atoms with Gasteiger partial charge in [0, 0.05) is 21.7 Å². The monoisotopic (exact) mass is 480 g/mol. The maximum absolute atomic E-state index is 12.6. The summed E-state index contributed by atoms with van der Waals surface area (Å²) in [7, 11) is 3.18. The number of hydrogen-bond donors (Lipinski definition) is 1. The fraction of sp³-hybridized carbons (Fsp3) is 0.120. The lowest BCUT2D eigenvalue weighted by atomic mass is 10.2. The number of anilines is 1. The Balaban J connectivity index is 1.46. The molecule has 0 saturated heterocycles. The van der Waals surface area contributed by atoms with Crippen molar-refractivity contribution < 1.29 is 19.0 Å². The first-order valence-electron chi connectivity index (χ1n) is 10.0. The second-order valence-electron chi connectivity index (χ2n) is 7.00. The average molecular weight is 481 g/mol. The maximum Gasteiger partial charge on any atom is 0.275 e. The minimum Gasteiger partial charge on any atom is -0.497 e. The topological polar surface area (TPSA) is 69.7 Å². The van der Waals surface area contributed by atoms with E-state index in [4.69, 9.17) is 25.8 Å². The summed E-state index contributed by atoms with van der Waals surface area (Å²) in [6.45, 7) is 0.364. The molecule has 0 radical (unpaired) electrons. The SMILES string of the molecule is COc1ccc(NC(=O)c2csc(-c3ccc(OCc4cccc(Cl)c4)c(OC)c3)n2)cc1. The van der Waals surface area contributed by atoms with E-state index in [1.165, 1.54) is 11.3 Å². The van der Waals surface area contributed by atoms with Crippen LogP contribution < -0.4 is 19.5 Å². The van der Waals surface area contributed by atoms with Crippen LogP contribution >= 0.6 is 22.9 Å². The van der Waals surface area contributed by atoms with Crippen molar-refractivity contribution in [2.24, 2.45) is 0 Å². The smallest absolute Gasteiger partial charge is 0.275 e. The van der Waals surface area contributed by atoms with Gasteiger partial charge in [0.25, 0.3) is 5.91 Å². The molecule has 0 atom stereocenters. The predicted molar refractivity (Wildman–Crippen MR) is 131 cm³/mol. The van der Waals surface area contributed by atoms with Gasteiger partial charge in [0.05, 0.1) is 14.2 Å².